The van der Waals surface area contributed by atoms with E-state index in [1.165, 1.54) is 0 Å². The monoisotopic (exact) mass is 234 g/mol. The molecule has 2 aliphatic rings. The fourth-order valence-electron chi connectivity index (χ4n) is 2.69. The summed E-state index contributed by atoms with van der Waals surface area (Å²) in [6.45, 7) is 1.78. The maximum absolute atomic E-state index is 11.9. The Labute approximate surface area is 100 Å². The van der Waals surface area contributed by atoms with Gasteiger partial charge in [0.05, 0.1) is 5.69 Å². The minimum atomic E-state index is 0.0531. The van der Waals surface area contributed by atoms with Gasteiger partial charge in [0.15, 0.2) is 0 Å². The summed E-state index contributed by atoms with van der Waals surface area (Å²) in [5, 5.41) is 0. The second-order valence-corrected chi connectivity index (χ2v) is 4.99. The van der Waals surface area contributed by atoms with Crippen molar-refractivity contribution >= 4 is 5.95 Å². The van der Waals surface area contributed by atoms with Crippen LogP contribution in [0, 0.1) is 0 Å². The van der Waals surface area contributed by atoms with Gasteiger partial charge in [0.2, 0.25) is 5.95 Å². The van der Waals surface area contributed by atoms with Crippen LogP contribution in [-0.4, -0.2) is 29.1 Å². The van der Waals surface area contributed by atoms with Crippen LogP contribution < -0.4 is 16.2 Å². The van der Waals surface area contributed by atoms with Crippen LogP contribution >= 0.6 is 0 Å². The number of aryl methyl sites for hydroxylation is 1. The molecule has 5 nitrogen and oxygen atoms in total. The van der Waals surface area contributed by atoms with E-state index < -0.39 is 0 Å². The Bertz CT molecular complexity index is 474. The average Bonchev–Trinajstić information content (AvgIpc) is 2.78. The number of nitrogens with zero attached hydrogens (tertiary/aromatic N) is 2. The summed E-state index contributed by atoms with van der Waals surface area (Å²) in [4.78, 5) is 21.5. The van der Waals surface area contributed by atoms with Crippen molar-refractivity contribution in [3.05, 3.63) is 21.6 Å². The molecular weight excluding hydrogens is 216 g/mol. The smallest absolute Gasteiger partial charge is 0.255 e. The molecule has 0 bridgehead atoms. The Morgan fingerprint density at radius 1 is 1.29 bits per heavy atom. The van der Waals surface area contributed by atoms with E-state index in [9.17, 15) is 4.79 Å². The van der Waals surface area contributed by atoms with E-state index in [-0.39, 0.29) is 5.56 Å². The van der Waals surface area contributed by atoms with E-state index in [0.29, 0.717) is 6.04 Å². The number of piperidine rings is 1. The van der Waals surface area contributed by atoms with Crippen LogP contribution in [-0.2, 0) is 12.8 Å². The summed E-state index contributed by atoms with van der Waals surface area (Å²) in [6, 6.07) is 0.299. The fraction of sp³-hybridized carbons (Fsp3) is 0.667. The molecule has 1 saturated heterocycles. The van der Waals surface area contributed by atoms with Crippen molar-refractivity contribution in [2.75, 3.05) is 18.0 Å². The number of hydrogen-bond donors (Lipinski definition) is 2. The van der Waals surface area contributed by atoms with Crippen LogP contribution in [0.3, 0.4) is 0 Å². The first-order valence-electron chi connectivity index (χ1n) is 6.36. The largest absolute Gasteiger partial charge is 0.342 e. The minimum absolute atomic E-state index is 0.0531. The van der Waals surface area contributed by atoms with E-state index in [1.54, 1.807) is 0 Å². The van der Waals surface area contributed by atoms with Gasteiger partial charge < -0.3 is 10.6 Å². The predicted octanol–water partition coefficient (Wildman–Crippen LogP) is 0.186. The molecule has 0 saturated carbocycles. The molecule has 0 unspecified atom stereocenters. The van der Waals surface area contributed by atoms with Crippen LogP contribution in [0.15, 0.2) is 4.79 Å². The summed E-state index contributed by atoms with van der Waals surface area (Å²) in [5.74, 6) is 0.738. The first-order chi connectivity index (χ1) is 8.24. The molecule has 1 aromatic heterocycles. The average molecular weight is 234 g/mol. The molecule has 17 heavy (non-hydrogen) atoms. The maximum Gasteiger partial charge on any atom is 0.255 e. The van der Waals surface area contributed by atoms with Crippen LogP contribution in [0.25, 0.3) is 0 Å². The Morgan fingerprint density at radius 2 is 2.06 bits per heavy atom. The molecule has 92 valence electrons. The van der Waals surface area contributed by atoms with E-state index in [1.807, 2.05) is 0 Å². The first-order valence-corrected chi connectivity index (χ1v) is 6.36. The SMILES string of the molecule is NC1CCN(c2nc3c(c(=O)[nH]2)CCC3)CC1. The Kier molecular flexibility index (Phi) is 2.63. The minimum Gasteiger partial charge on any atom is -0.342 e. The van der Waals surface area contributed by atoms with Gasteiger partial charge in [-0.05, 0) is 32.1 Å². The standard InChI is InChI=1S/C12H18N4O/c13-8-4-6-16(7-5-8)12-14-10-3-1-2-9(10)11(17)15-12/h8H,1-7,13H2,(H,14,15,17). The summed E-state index contributed by atoms with van der Waals surface area (Å²) in [5.41, 5.74) is 7.82. The molecule has 5 heteroatoms. The summed E-state index contributed by atoms with van der Waals surface area (Å²) < 4.78 is 0. The van der Waals surface area contributed by atoms with E-state index in [0.717, 1.165) is 62.4 Å². The third kappa shape index (κ3) is 1.95. The third-order valence-electron chi connectivity index (χ3n) is 3.77. The van der Waals surface area contributed by atoms with Crippen molar-refractivity contribution < 1.29 is 0 Å². The Balaban J connectivity index is 1.89. The molecule has 1 aromatic rings. The lowest BCUT2D eigenvalue weighted by atomic mass is 10.1. The molecule has 0 spiro atoms. The van der Waals surface area contributed by atoms with Gasteiger partial charge >= 0.3 is 0 Å². The molecular formula is C12H18N4O. The quantitative estimate of drug-likeness (QED) is 0.727. The molecule has 1 aliphatic heterocycles. The number of nitrogens with one attached hydrogen (secondary N) is 1. The summed E-state index contributed by atoms with van der Waals surface area (Å²) in [6.07, 6.45) is 4.82. The van der Waals surface area contributed by atoms with Crippen molar-refractivity contribution in [1.29, 1.82) is 0 Å². The second-order valence-electron chi connectivity index (χ2n) is 4.99. The second kappa shape index (κ2) is 4.14. The van der Waals surface area contributed by atoms with Gasteiger partial charge in [-0.3, -0.25) is 9.78 Å². The van der Waals surface area contributed by atoms with E-state index >= 15 is 0 Å². The zero-order valence-corrected chi connectivity index (χ0v) is 9.91. The van der Waals surface area contributed by atoms with Crippen molar-refractivity contribution in [1.82, 2.24) is 9.97 Å². The van der Waals surface area contributed by atoms with Crippen molar-refractivity contribution in [3.63, 3.8) is 0 Å². The lowest BCUT2D eigenvalue weighted by molar-refractivity contribution is 0.495. The third-order valence-corrected chi connectivity index (χ3v) is 3.77. The van der Waals surface area contributed by atoms with Gasteiger partial charge in [-0.2, -0.15) is 0 Å². The molecule has 1 fully saturated rings. The van der Waals surface area contributed by atoms with E-state index in [4.69, 9.17) is 5.73 Å². The van der Waals surface area contributed by atoms with Crippen LogP contribution in [0.4, 0.5) is 5.95 Å². The van der Waals surface area contributed by atoms with Gasteiger partial charge in [-0.15, -0.1) is 0 Å². The highest BCUT2D eigenvalue weighted by atomic mass is 16.1. The molecule has 0 amide bonds. The lowest BCUT2D eigenvalue weighted by Crippen LogP contribution is -2.41. The summed E-state index contributed by atoms with van der Waals surface area (Å²) in [7, 11) is 0. The molecule has 0 atom stereocenters. The number of nitrogens with two attached hydrogens (primary N) is 1. The molecule has 2 heterocycles. The van der Waals surface area contributed by atoms with Crippen LogP contribution in [0.1, 0.15) is 30.5 Å². The number of anilines is 1. The molecule has 0 radical (unpaired) electrons. The summed E-state index contributed by atoms with van der Waals surface area (Å²) >= 11 is 0. The van der Waals surface area contributed by atoms with Gasteiger partial charge in [0.1, 0.15) is 0 Å². The van der Waals surface area contributed by atoms with Crippen LogP contribution in [0.5, 0.6) is 0 Å². The highest BCUT2D eigenvalue weighted by Crippen LogP contribution is 2.20. The number of rotatable bonds is 1. The molecule has 1 aliphatic carbocycles. The first kappa shape index (κ1) is 10.8. The number of H-pyrrole nitrogens is 1. The van der Waals surface area contributed by atoms with Crippen molar-refractivity contribution in [2.45, 2.75) is 38.1 Å². The van der Waals surface area contributed by atoms with E-state index in [2.05, 4.69) is 14.9 Å². The topological polar surface area (TPSA) is 75.0 Å². The zero-order valence-electron chi connectivity index (χ0n) is 9.91. The number of aromatic nitrogens is 2. The van der Waals surface area contributed by atoms with Gasteiger partial charge in [0, 0.05) is 24.7 Å². The zero-order chi connectivity index (χ0) is 11.8. The van der Waals surface area contributed by atoms with Crippen molar-refractivity contribution in [3.8, 4) is 0 Å². The van der Waals surface area contributed by atoms with Crippen molar-refractivity contribution in [2.24, 2.45) is 5.73 Å². The van der Waals surface area contributed by atoms with Crippen LogP contribution in [0.2, 0.25) is 0 Å². The highest BCUT2D eigenvalue weighted by molar-refractivity contribution is 5.35. The van der Waals surface area contributed by atoms with Gasteiger partial charge in [-0.25, -0.2) is 4.98 Å². The normalized spacial score (nSPS) is 20.6. The van der Waals surface area contributed by atoms with Gasteiger partial charge in [-0.1, -0.05) is 0 Å². The highest BCUT2D eigenvalue weighted by Gasteiger charge is 2.22. The lowest BCUT2D eigenvalue weighted by Gasteiger charge is -2.30. The fourth-order valence-corrected chi connectivity index (χ4v) is 2.69. The Morgan fingerprint density at radius 3 is 2.82 bits per heavy atom. The molecule has 0 aromatic carbocycles. The maximum atomic E-state index is 11.9. The number of hydrogen-bond acceptors (Lipinski definition) is 4. The number of fused-ring (bicyclic) bond motifs is 1. The predicted molar refractivity (Wildman–Crippen MR) is 66.3 cm³/mol. The Hall–Kier alpha value is -1.36. The van der Waals surface area contributed by atoms with Gasteiger partial charge in [0.25, 0.3) is 5.56 Å². The number of aromatic amines is 1. The molecule has 3 rings (SSSR count). The molecule has 3 N–H and O–H groups in total.